The van der Waals surface area contributed by atoms with Crippen LogP contribution < -0.4 is 0 Å². The second-order valence-corrected chi connectivity index (χ2v) is 5.89. The lowest BCUT2D eigenvalue weighted by Crippen LogP contribution is -1.88. The fraction of sp³-hybridized carbons (Fsp3) is 0.667. The van der Waals surface area contributed by atoms with E-state index in [2.05, 4.69) is 12.3 Å². The predicted octanol–water partition coefficient (Wildman–Crippen LogP) is 4.78. The Kier molecular flexibility index (Phi) is 4.78. The van der Waals surface area contributed by atoms with Crippen molar-refractivity contribution >= 4 is 17.1 Å². The summed E-state index contributed by atoms with van der Waals surface area (Å²) in [5.74, 6) is 0.374. The quantitative estimate of drug-likeness (QED) is 0.636. The molecule has 2 heteroatoms. The van der Waals surface area contributed by atoms with Gasteiger partial charge in [-0.2, -0.15) is 0 Å². The average molecular weight is 250 g/mol. The van der Waals surface area contributed by atoms with Crippen LogP contribution in [0.1, 0.15) is 72.7 Å². The molecular formula is C15H22OS. The van der Waals surface area contributed by atoms with E-state index in [9.17, 15) is 4.79 Å². The summed E-state index contributed by atoms with van der Waals surface area (Å²) in [5.41, 5.74) is 2.85. The second-order valence-electron chi connectivity index (χ2n) is 5.01. The van der Waals surface area contributed by atoms with E-state index in [0.717, 1.165) is 17.7 Å². The van der Waals surface area contributed by atoms with Crippen LogP contribution in [0.2, 0.25) is 0 Å². The molecular weight excluding hydrogens is 228 g/mol. The van der Waals surface area contributed by atoms with Crippen molar-refractivity contribution in [3.8, 4) is 0 Å². The molecule has 0 fully saturated rings. The summed E-state index contributed by atoms with van der Waals surface area (Å²) in [6.07, 6.45) is 11.0. The first kappa shape index (κ1) is 12.8. The summed E-state index contributed by atoms with van der Waals surface area (Å²) in [4.78, 5) is 12.6. The van der Waals surface area contributed by atoms with E-state index in [0.29, 0.717) is 5.78 Å². The molecule has 0 atom stereocenters. The lowest BCUT2D eigenvalue weighted by atomic mass is 10.0. The minimum Gasteiger partial charge on any atom is -0.293 e. The van der Waals surface area contributed by atoms with E-state index in [1.807, 2.05) is 0 Å². The minimum atomic E-state index is 0.374. The molecule has 1 heterocycles. The smallest absolute Gasteiger partial charge is 0.173 e. The van der Waals surface area contributed by atoms with Gasteiger partial charge < -0.3 is 0 Å². The molecule has 94 valence electrons. The Morgan fingerprint density at radius 3 is 2.71 bits per heavy atom. The molecule has 0 aromatic carbocycles. The fourth-order valence-corrected chi connectivity index (χ4v) is 3.71. The molecule has 0 bridgehead atoms. The first-order valence-electron chi connectivity index (χ1n) is 6.95. The molecule has 0 saturated heterocycles. The van der Waals surface area contributed by atoms with Gasteiger partial charge in [0.15, 0.2) is 5.78 Å². The van der Waals surface area contributed by atoms with Gasteiger partial charge in [-0.25, -0.2) is 0 Å². The SMILES string of the molecule is CCCCCCCCc1csc2c1CCC2=O. The molecule has 0 spiro atoms. The molecule has 1 aromatic heterocycles. The van der Waals surface area contributed by atoms with Crippen LogP contribution in [-0.4, -0.2) is 5.78 Å². The topological polar surface area (TPSA) is 17.1 Å². The van der Waals surface area contributed by atoms with E-state index in [1.54, 1.807) is 11.3 Å². The Morgan fingerprint density at radius 2 is 1.88 bits per heavy atom. The Hall–Kier alpha value is -0.630. The standard InChI is InChI=1S/C15H22OS/c1-2-3-4-5-6-7-8-12-11-17-15-13(12)9-10-14(15)16/h11H,2-10H2,1H3. The van der Waals surface area contributed by atoms with Crippen molar-refractivity contribution in [1.29, 1.82) is 0 Å². The van der Waals surface area contributed by atoms with Crippen molar-refractivity contribution in [2.75, 3.05) is 0 Å². The van der Waals surface area contributed by atoms with Crippen LogP contribution >= 0.6 is 11.3 Å². The predicted molar refractivity (Wildman–Crippen MR) is 74.1 cm³/mol. The number of hydrogen-bond donors (Lipinski definition) is 0. The third kappa shape index (κ3) is 3.19. The van der Waals surface area contributed by atoms with Crippen LogP contribution in [0.3, 0.4) is 0 Å². The highest BCUT2D eigenvalue weighted by molar-refractivity contribution is 7.12. The summed E-state index contributed by atoms with van der Waals surface area (Å²) in [5, 5.41) is 2.22. The number of hydrogen-bond acceptors (Lipinski definition) is 2. The normalized spacial score (nSPS) is 14.3. The molecule has 2 rings (SSSR count). The van der Waals surface area contributed by atoms with Gasteiger partial charge in [0.2, 0.25) is 0 Å². The third-order valence-corrected chi connectivity index (χ3v) is 4.75. The zero-order valence-corrected chi connectivity index (χ0v) is 11.6. The third-order valence-electron chi connectivity index (χ3n) is 3.64. The Balaban J connectivity index is 1.73. The van der Waals surface area contributed by atoms with Crippen molar-refractivity contribution in [1.82, 2.24) is 0 Å². The van der Waals surface area contributed by atoms with Gasteiger partial charge in [-0.05, 0) is 35.8 Å². The zero-order chi connectivity index (χ0) is 12.1. The maximum atomic E-state index is 11.5. The number of thiophene rings is 1. The number of fused-ring (bicyclic) bond motifs is 1. The summed E-state index contributed by atoms with van der Waals surface area (Å²) < 4.78 is 0. The molecule has 17 heavy (non-hydrogen) atoms. The largest absolute Gasteiger partial charge is 0.293 e. The molecule has 0 unspecified atom stereocenters. The van der Waals surface area contributed by atoms with Gasteiger partial charge in [0.1, 0.15) is 0 Å². The van der Waals surface area contributed by atoms with Crippen LogP contribution in [0, 0.1) is 0 Å². The molecule has 1 aliphatic rings. The highest BCUT2D eigenvalue weighted by Crippen LogP contribution is 2.32. The first-order chi connectivity index (χ1) is 8.33. The molecule has 0 aliphatic heterocycles. The highest BCUT2D eigenvalue weighted by Gasteiger charge is 2.23. The Bertz CT molecular complexity index is 378. The highest BCUT2D eigenvalue weighted by atomic mass is 32.1. The van der Waals surface area contributed by atoms with Gasteiger partial charge in [-0.3, -0.25) is 4.79 Å². The number of carbonyl (C=O) groups is 1. The number of unbranched alkanes of at least 4 members (excludes halogenated alkanes) is 5. The van der Waals surface area contributed by atoms with Crippen LogP contribution in [0.5, 0.6) is 0 Å². The molecule has 1 nitrogen and oxygen atoms in total. The number of Topliss-reactive ketones (excluding diaryl/α,β-unsaturated/α-hetero) is 1. The van der Waals surface area contributed by atoms with Gasteiger partial charge in [0, 0.05) is 6.42 Å². The van der Waals surface area contributed by atoms with E-state index in [-0.39, 0.29) is 0 Å². The molecule has 0 saturated carbocycles. The summed E-state index contributed by atoms with van der Waals surface area (Å²) >= 11 is 1.67. The van der Waals surface area contributed by atoms with Crippen molar-refractivity contribution in [3.05, 3.63) is 21.4 Å². The number of carbonyl (C=O) groups excluding carboxylic acids is 1. The molecule has 0 radical (unpaired) electrons. The Labute approximate surface area is 108 Å². The molecule has 1 aromatic rings. The number of ketones is 1. The summed E-state index contributed by atoms with van der Waals surface area (Å²) in [6.45, 7) is 2.26. The number of aryl methyl sites for hydroxylation is 1. The van der Waals surface area contributed by atoms with Crippen molar-refractivity contribution in [2.45, 2.75) is 64.7 Å². The van der Waals surface area contributed by atoms with E-state index in [1.165, 1.54) is 56.1 Å². The second kappa shape index (κ2) is 6.34. The summed E-state index contributed by atoms with van der Waals surface area (Å²) in [7, 11) is 0. The number of rotatable bonds is 7. The fourth-order valence-electron chi connectivity index (χ4n) is 2.58. The molecule has 1 aliphatic carbocycles. The average Bonchev–Trinajstić information content (AvgIpc) is 2.88. The van der Waals surface area contributed by atoms with Crippen molar-refractivity contribution in [3.63, 3.8) is 0 Å². The van der Waals surface area contributed by atoms with Crippen LogP contribution in [0.4, 0.5) is 0 Å². The van der Waals surface area contributed by atoms with E-state index < -0.39 is 0 Å². The lowest BCUT2D eigenvalue weighted by molar-refractivity contribution is 0.0998. The van der Waals surface area contributed by atoms with Crippen molar-refractivity contribution < 1.29 is 4.79 Å². The van der Waals surface area contributed by atoms with E-state index in [4.69, 9.17) is 0 Å². The van der Waals surface area contributed by atoms with Gasteiger partial charge in [0.05, 0.1) is 4.88 Å². The van der Waals surface area contributed by atoms with Gasteiger partial charge in [-0.1, -0.05) is 39.0 Å². The van der Waals surface area contributed by atoms with Gasteiger partial charge >= 0.3 is 0 Å². The van der Waals surface area contributed by atoms with Crippen molar-refractivity contribution in [2.24, 2.45) is 0 Å². The van der Waals surface area contributed by atoms with Crippen LogP contribution in [0.15, 0.2) is 5.38 Å². The molecule has 0 amide bonds. The molecule has 0 N–H and O–H groups in total. The lowest BCUT2D eigenvalue weighted by Gasteiger charge is -2.01. The maximum absolute atomic E-state index is 11.5. The maximum Gasteiger partial charge on any atom is 0.173 e. The van der Waals surface area contributed by atoms with E-state index >= 15 is 0 Å². The first-order valence-corrected chi connectivity index (χ1v) is 7.83. The summed E-state index contributed by atoms with van der Waals surface area (Å²) in [6, 6.07) is 0. The van der Waals surface area contributed by atoms with Gasteiger partial charge in [0.25, 0.3) is 0 Å². The minimum absolute atomic E-state index is 0.374. The van der Waals surface area contributed by atoms with Gasteiger partial charge in [-0.15, -0.1) is 11.3 Å². The zero-order valence-electron chi connectivity index (χ0n) is 10.8. The van der Waals surface area contributed by atoms with Crippen LogP contribution in [-0.2, 0) is 12.8 Å². The van der Waals surface area contributed by atoms with Crippen LogP contribution in [0.25, 0.3) is 0 Å². The Morgan fingerprint density at radius 1 is 1.12 bits per heavy atom. The monoisotopic (exact) mass is 250 g/mol.